The van der Waals surface area contributed by atoms with Crippen LogP contribution in [0.1, 0.15) is 36.5 Å². The second kappa shape index (κ2) is 6.48. The molecule has 0 radical (unpaired) electrons. The third-order valence-corrected chi connectivity index (χ3v) is 3.91. The molecule has 24 heavy (non-hydrogen) atoms. The van der Waals surface area contributed by atoms with Crippen molar-refractivity contribution in [1.82, 2.24) is 25.1 Å². The summed E-state index contributed by atoms with van der Waals surface area (Å²) in [5.41, 5.74) is 0.688. The lowest BCUT2D eigenvalue weighted by molar-refractivity contribution is 0.0835. The van der Waals surface area contributed by atoms with Crippen molar-refractivity contribution >= 4 is 16.9 Å². The molecule has 124 valence electrons. The average molecular weight is 326 g/mol. The minimum Gasteiger partial charge on any atom is -0.369 e. The number of hydrogen-bond acceptors (Lipinski definition) is 8. The highest BCUT2D eigenvalue weighted by Crippen LogP contribution is 2.27. The summed E-state index contributed by atoms with van der Waals surface area (Å²) in [5, 5.41) is 8.23. The van der Waals surface area contributed by atoms with E-state index in [1.54, 1.807) is 6.20 Å². The van der Waals surface area contributed by atoms with Crippen LogP contribution in [-0.4, -0.2) is 38.2 Å². The molecule has 0 bridgehead atoms. The summed E-state index contributed by atoms with van der Waals surface area (Å²) in [7, 11) is 0. The topological polar surface area (TPSA) is 98.9 Å². The van der Waals surface area contributed by atoms with Gasteiger partial charge in [0.05, 0.1) is 5.39 Å². The molecule has 3 aromatic heterocycles. The van der Waals surface area contributed by atoms with Gasteiger partial charge in [0, 0.05) is 25.8 Å². The van der Waals surface area contributed by atoms with Crippen LogP contribution < -0.4 is 5.32 Å². The Kier molecular flexibility index (Phi) is 4.04. The van der Waals surface area contributed by atoms with Crippen LogP contribution in [0.2, 0.25) is 0 Å². The number of anilines is 1. The number of ether oxygens (including phenoxy) is 1. The molecule has 1 aliphatic heterocycles. The highest BCUT2D eigenvalue weighted by Gasteiger charge is 2.23. The Bertz CT molecular complexity index is 843. The molecule has 0 spiro atoms. The number of rotatable bonds is 5. The largest absolute Gasteiger partial charge is 0.369 e. The van der Waals surface area contributed by atoms with Crippen LogP contribution in [0.4, 0.5) is 5.82 Å². The number of aromatic nitrogens is 5. The Hall–Kier alpha value is -2.61. The second-order valence-corrected chi connectivity index (χ2v) is 5.72. The van der Waals surface area contributed by atoms with E-state index in [-0.39, 0.29) is 6.10 Å². The van der Waals surface area contributed by atoms with Gasteiger partial charge in [0.25, 0.3) is 5.89 Å². The van der Waals surface area contributed by atoms with Crippen LogP contribution in [0, 0.1) is 6.92 Å². The molecule has 1 N–H and O–H groups in total. The highest BCUT2D eigenvalue weighted by molar-refractivity contribution is 5.86. The van der Waals surface area contributed by atoms with E-state index in [4.69, 9.17) is 9.26 Å². The van der Waals surface area contributed by atoms with Crippen LogP contribution in [0.15, 0.2) is 22.9 Å². The summed E-state index contributed by atoms with van der Waals surface area (Å²) in [5.74, 6) is 2.70. The minimum absolute atomic E-state index is 0.0428. The van der Waals surface area contributed by atoms with E-state index in [1.165, 1.54) is 0 Å². The molecule has 0 aliphatic carbocycles. The Morgan fingerprint density at radius 2 is 2.25 bits per heavy atom. The zero-order valence-electron chi connectivity index (χ0n) is 13.4. The first-order valence-corrected chi connectivity index (χ1v) is 8.07. The van der Waals surface area contributed by atoms with Crippen molar-refractivity contribution in [3.05, 3.63) is 35.9 Å². The Morgan fingerprint density at radius 3 is 3.12 bits per heavy atom. The summed E-state index contributed by atoms with van der Waals surface area (Å²) < 4.78 is 10.8. The smallest absolute Gasteiger partial charge is 0.255 e. The van der Waals surface area contributed by atoms with Crippen molar-refractivity contribution in [3.8, 4) is 0 Å². The van der Waals surface area contributed by atoms with Crippen molar-refractivity contribution in [2.24, 2.45) is 0 Å². The van der Waals surface area contributed by atoms with Crippen LogP contribution in [0.3, 0.4) is 0 Å². The first-order valence-electron chi connectivity index (χ1n) is 8.07. The van der Waals surface area contributed by atoms with Crippen LogP contribution in [0.5, 0.6) is 0 Å². The van der Waals surface area contributed by atoms with Gasteiger partial charge in [-0.1, -0.05) is 5.16 Å². The highest BCUT2D eigenvalue weighted by atomic mass is 16.5. The number of nitrogens with zero attached hydrogens (tertiary/aromatic N) is 5. The van der Waals surface area contributed by atoms with Gasteiger partial charge in [-0.15, -0.1) is 0 Å². The number of pyridine rings is 1. The Labute approximate surface area is 138 Å². The van der Waals surface area contributed by atoms with Crippen molar-refractivity contribution < 1.29 is 9.26 Å². The van der Waals surface area contributed by atoms with Crippen molar-refractivity contribution in [3.63, 3.8) is 0 Å². The second-order valence-electron chi connectivity index (χ2n) is 5.72. The number of nitrogens with one attached hydrogen (secondary N) is 1. The van der Waals surface area contributed by atoms with E-state index in [1.807, 2.05) is 19.1 Å². The van der Waals surface area contributed by atoms with Crippen LogP contribution >= 0.6 is 0 Å². The maximum absolute atomic E-state index is 5.55. The van der Waals surface area contributed by atoms with Crippen molar-refractivity contribution in [1.29, 1.82) is 0 Å². The zero-order valence-corrected chi connectivity index (χ0v) is 13.4. The fourth-order valence-corrected chi connectivity index (χ4v) is 2.77. The molecule has 8 heteroatoms. The predicted octanol–water partition coefficient (Wildman–Crippen LogP) is 2.22. The molecule has 3 aromatic rings. The SMILES string of the molecule is Cc1nc(NCCc2noc(C3CCCO3)n2)c2cccnc2n1. The molecule has 4 heterocycles. The first kappa shape index (κ1) is 14.9. The lowest BCUT2D eigenvalue weighted by Crippen LogP contribution is -2.09. The number of hydrogen-bond donors (Lipinski definition) is 1. The van der Waals surface area contributed by atoms with Gasteiger partial charge in [-0.05, 0) is 31.9 Å². The molecule has 1 fully saturated rings. The minimum atomic E-state index is -0.0428. The molecule has 0 amide bonds. The molecule has 1 unspecified atom stereocenters. The Morgan fingerprint density at radius 1 is 1.29 bits per heavy atom. The van der Waals surface area contributed by atoms with Crippen molar-refractivity contribution in [2.75, 3.05) is 18.5 Å². The monoisotopic (exact) mass is 326 g/mol. The van der Waals surface area contributed by atoms with Gasteiger partial charge in [0.15, 0.2) is 11.5 Å². The van der Waals surface area contributed by atoms with E-state index in [0.29, 0.717) is 36.2 Å². The van der Waals surface area contributed by atoms with Gasteiger partial charge < -0.3 is 14.6 Å². The van der Waals surface area contributed by atoms with Gasteiger partial charge in [-0.25, -0.2) is 15.0 Å². The van der Waals surface area contributed by atoms with Gasteiger partial charge in [0.1, 0.15) is 17.7 Å². The summed E-state index contributed by atoms with van der Waals surface area (Å²) >= 11 is 0. The van der Waals surface area contributed by atoms with Crippen LogP contribution in [-0.2, 0) is 11.2 Å². The fraction of sp³-hybridized carbons (Fsp3) is 0.438. The molecular formula is C16H18N6O2. The standard InChI is InChI=1S/C16H18N6O2/c1-10-19-14-11(4-2-7-17-14)15(20-10)18-8-6-13-21-16(24-22-13)12-5-3-9-23-12/h2,4,7,12H,3,5-6,8-9H2,1H3,(H,17,18,19,20). The summed E-state index contributed by atoms with van der Waals surface area (Å²) in [6.07, 6.45) is 4.31. The average Bonchev–Trinajstić information content (AvgIpc) is 3.26. The third-order valence-electron chi connectivity index (χ3n) is 3.91. The molecule has 8 nitrogen and oxygen atoms in total. The zero-order chi connectivity index (χ0) is 16.4. The molecule has 4 rings (SSSR count). The van der Waals surface area contributed by atoms with Crippen molar-refractivity contribution in [2.45, 2.75) is 32.3 Å². The predicted molar refractivity (Wildman–Crippen MR) is 86.5 cm³/mol. The molecule has 1 atom stereocenters. The summed E-state index contributed by atoms with van der Waals surface area (Å²) in [6, 6.07) is 3.83. The fourth-order valence-electron chi connectivity index (χ4n) is 2.77. The third kappa shape index (κ3) is 3.05. The van der Waals surface area contributed by atoms with E-state index in [0.717, 1.165) is 30.7 Å². The normalized spacial score (nSPS) is 17.5. The van der Waals surface area contributed by atoms with Gasteiger partial charge in [-0.3, -0.25) is 0 Å². The van der Waals surface area contributed by atoms with E-state index in [2.05, 4.69) is 30.4 Å². The molecule has 1 aliphatic rings. The Balaban J connectivity index is 1.42. The summed E-state index contributed by atoms with van der Waals surface area (Å²) in [4.78, 5) is 17.5. The number of fused-ring (bicyclic) bond motifs is 1. The maximum Gasteiger partial charge on any atom is 0.255 e. The quantitative estimate of drug-likeness (QED) is 0.762. The summed E-state index contributed by atoms with van der Waals surface area (Å²) in [6.45, 7) is 3.26. The van der Waals surface area contributed by atoms with E-state index < -0.39 is 0 Å². The lowest BCUT2D eigenvalue weighted by atomic mass is 10.2. The van der Waals surface area contributed by atoms with Gasteiger partial charge in [0.2, 0.25) is 0 Å². The van der Waals surface area contributed by atoms with Crippen LogP contribution in [0.25, 0.3) is 11.0 Å². The number of aryl methyl sites for hydroxylation is 1. The molecule has 1 saturated heterocycles. The van der Waals surface area contributed by atoms with E-state index in [9.17, 15) is 0 Å². The van der Waals surface area contributed by atoms with E-state index >= 15 is 0 Å². The van der Waals surface area contributed by atoms with Gasteiger partial charge in [-0.2, -0.15) is 4.98 Å². The lowest BCUT2D eigenvalue weighted by Gasteiger charge is -2.07. The molecule has 0 aromatic carbocycles. The first-order chi connectivity index (χ1) is 11.8. The molecular weight excluding hydrogens is 308 g/mol. The maximum atomic E-state index is 5.55. The molecule has 0 saturated carbocycles. The van der Waals surface area contributed by atoms with Gasteiger partial charge >= 0.3 is 0 Å².